The first kappa shape index (κ1) is 10.9. The van der Waals surface area contributed by atoms with Gasteiger partial charge in [-0.25, -0.2) is 4.39 Å². The monoisotopic (exact) mass is 254 g/mol. The van der Waals surface area contributed by atoms with Gasteiger partial charge in [0.05, 0.1) is 12.0 Å². The normalized spacial score (nSPS) is 9.07. The number of hydrogen-bond donors (Lipinski definition) is 0. The Hall–Kier alpha value is -1.14. The molecule has 0 amide bonds. The minimum Gasteiger partial charge on any atom is -0.293 e. The van der Waals surface area contributed by atoms with E-state index in [1.54, 1.807) is 19.1 Å². The molecule has 0 unspecified atom stereocenters. The van der Waals surface area contributed by atoms with Crippen molar-refractivity contribution in [2.24, 2.45) is 0 Å². The summed E-state index contributed by atoms with van der Waals surface area (Å²) >= 11 is 3.13. The van der Waals surface area contributed by atoms with Gasteiger partial charge < -0.3 is 0 Å². The molecule has 0 N–H and O–H groups in total. The topological polar surface area (TPSA) is 17.1 Å². The molecule has 0 radical (unpaired) electrons. The first-order chi connectivity index (χ1) is 6.66. The van der Waals surface area contributed by atoms with E-state index in [0.29, 0.717) is 4.47 Å². The van der Waals surface area contributed by atoms with Gasteiger partial charge in [0, 0.05) is 4.47 Å². The average Bonchev–Trinajstić information content (AvgIpc) is 2.14. The third kappa shape index (κ3) is 2.43. The van der Waals surface area contributed by atoms with E-state index in [2.05, 4.69) is 27.8 Å². The Morgan fingerprint density at radius 2 is 2.29 bits per heavy atom. The van der Waals surface area contributed by atoms with Crippen LogP contribution in [-0.4, -0.2) is 5.78 Å². The SMILES string of the molecule is CC#CCC(=O)c1c(F)cccc1Br. The lowest BCUT2D eigenvalue weighted by Crippen LogP contribution is -2.02. The average molecular weight is 255 g/mol. The fourth-order valence-electron chi connectivity index (χ4n) is 1.02. The number of hydrogen-bond acceptors (Lipinski definition) is 1. The Morgan fingerprint density at radius 1 is 1.57 bits per heavy atom. The van der Waals surface area contributed by atoms with Gasteiger partial charge in [-0.15, -0.1) is 5.92 Å². The van der Waals surface area contributed by atoms with Crippen molar-refractivity contribution in [1.29, 1.82) is 0 Å². The summed E-state index contributed by atoms with van der Waals surface area (Å²) in [5.41, 5.74) is 0.0789. The fourth-order valence-corrected chi connectivity index (χ4v) is 1.58. The van der Waals surface area contributed by atoms with Crippen LogP contribution in [0.3, 0.4) is 0 Å². The highest BCUT2D eigenvalue weighted by Gasteiger charge is 2.13. The first-order valence-corrected chi connectivity index (χ1v) is 4.83. The maximum atomic E-state index is 13.2. The molecule has 0 aliphatic carbocycles. The van der Waals surface area contributed by atoms with Gasteiger partial charge in [-0.2, -0.15) is 0 Å². The molecular formula is C11H8BrFO. The van der Waals surface area contributed by atoms with Crippen molar-refractivity contribution in [2.45, 2.75) is 13.3 Å². The molecule has 0 aromatic heterocycles. The zero-order valence-corrected chi connectivity index (χ0v) is 9.19. The summed E-state index contributed by atoms with van der Waals surface area (Å²) in [6.07, 6.45) is 0.0516. The Kier molecular flexibility index (Phi) is 3.84. The molecule has 0 bridgehead atoms. The molecule has 3 heteroatoms. The standard InChI is InChI=1S/C11H8BrFO/c1-2-3-7-10(14)11-8(12)5-4-6-9(11)13/h4-6H,7H2,1H3. The van der Waals surface area contributed by atoms with E-state index in [1.807, 2.05) is 0 Å². The molecule has 1 aromatic carbocycles. The van der Waals surface area contributed by atoms with Crippen molar-refractivity contribution >= 4 is 21.7 Å². The van der Waals surface area contributed by atoms with E-state index < -0.39 is 5.82 Å². The molecular weight excluding hydrogens is 247 g/mol. The summed E-state index contributed by atoms with van der Waals surface area (Å²) in [6, 6.07) is 4.44. The summed E-state index contributed by atoms with van der Waals surface area (Å²) in [4.78, 5) is 11.5. The largest absolute Gasteiger partial charge is 0.293 e. The van der Waals surface area contributed by atoms with E-state index >= 15 is 0 Å². The lowest BCUT2D eigenvalue weighted by atomic mass is 10.1. The summed E-state index contributed by atoms with van der Waals surface area (Å²) in [5, 5.41) is 0. The number of benzene rings is 1. The highest BCUT2D eigenvalue weighted by atomic mass is 79.9. The molecule has 0 saturated carbocycles. The van der Waals surface area contributed by atoms with E-state index in [0.717, 1.165) is 0 Å². The molecule has 1 aromatic rings. The molecule has 0 aliphatic heterocycles. The highest BCUT2D eigenvalue weighted by Crippen LogP contribution is 2.20. The lowest BCUT2D eigenvalue weighted by Gasteiger charge is -2.01. The van der Waals surface area contributed by atoms with Crippen molar-refractivity contribution in [3.63, 3.8) is 0 Å². The maximum absolute atomic E-state index is 13.2. The van der Waals surface area contributed by atoms with Crippen LogP contribution in [0.1, 0.15) is 23.7 Å². The van der Waals surface area contributed by atoms with Crippen molar-refractivity contribution in [1.82, 2.24) is 0 Å². The van der Waals surface area contributed by atoms with Crippen molar-refractivity contribution in [2.75, 3.05) is 0 Å². The van der Waals surface area contributed by atoms with Crippen LogP contribution < -0.4 is 0 Å². The van der Waals surface area contributed by atoms with Gasteiger partial charge in [0.15, 0.2) is 5.78 Å². The molecule has 72 valence electrons. The number of rotatable bonds is 2. The molecule has 0 heterocycles. The number of carbonyl (C=O) groups excluding carboxylic acids is 1. The van der Waals surface area contributed by atoms with Crippen LogP contribution in [0.5, 0.6) is 0 Å². The molecule has 0 fully saturated rings. The summed E-state index contributed by atoms with van der Waals surface area (Å²) in [7, 11) is 0. The van der Waals surface area contributed by atoms with Crippen LogP contribution >= 0.6 is 15.9 Å². The van der Waals surface area contributed by atoms with Gasteiger partial charge in [-0.05, 0) is 35.0 Å². The van der Waals surface area contributed by atoms with Crippen molar-refractivity contribution in [3.8, 4) is 11.8 Å². The summed E-state index contributed by atoms with van der Waals surface area (Å²) < 4.78 is 13.7. The molecule has 0 spiro atoms. The van der Waals surface area contributed by atoms with Gasteiger partial charge in [0.25, 0.3) is 0 Å². The highest BCUT2D eigenvalue weighted by molar-refractivity contribution is 9.10. The quantitative estimate of drug-likeness (QED) is 0.586. The number of Topliss-reactive ketones (excluding diaryl/α,β-unsaturated/α-hetero) is 1. The summed E-state index contributed by atoms with van der Waals surface area (Å²) in [5.74, 6) is 4.40. The Bertz CT molecular complexity index is 395. The second-order valence-electron chi connectivity index (χ2n) is 2.62. The van der Waals surface area contributed by atoms with Crippen LogP contribution in [0.15, 0.2) is 22.7 Å². The molecule has 1 rings (SSSR count). The number of ketones is 1. The molecule has 0 saturated heterocycles. The number of carbonyl (C=O) groups is 1. The molecule has 1 nitrogen and oxygen atoms in total. The zero-order chi connectivity index (χ0) is 10.6. The van der Waals surface area contributed by atoms with Gasteiger partial charge in [-0.3, -0.25) is 4.79 Å². The van der Waals surface area contributed by atoms with E-state index in [1.165, 1.54) is 6.07 Å². The van der Waals surface area contributed by atoms with Gasteiger partial charge >= 0.3 is 0 Å². The smallest absolute Gasteiger partial charge is 0.178 e. The predicted molar refractivity (Wildman–Crippen MR) is 56.5 cm³/mol. The first-order valence-electron chi connectivity index (χ1n) is 4.03. The second kappa shape index (κ2) is 4.92. The van der Waals surface area contributed by atoms with Crippen LogP contribution in [-0.2, 0) is 0 Å². The third-order valence-electron chi connectivity index (χ3n) is 1.67. The maximum Gasteiger partial charge on any atom is 0.178 e. The molecule has 14 heavy (non-hydrogen) atoms. The minimum atomic E-state index is -0.512. The Balaban J connectivity index is 3.04. The molecule has 0 atom stereocenters. The zero-order valence-electron chi connectivity index (χ0n) is 7.60. The van der Waals surface area contributed by atoms with Gasteiger partial charge in [0.2, 0.25) is 0 Å². The second-order valence-corrected chi connectivity index (χ2v) is 3.48. The third-order valence-corrected chi connectivity index (χ3v) is 2.33. The van der Waals surface area contributed by atoms with Crippen LogP contribution in [0.25, 0.3) is 0 Å². The van der Waals surface area contributed by atoms with E-state index in [9.17, 15) is 9.18 Å². The number of halogens is 2. The van der Waals surface area contributed by atoms with Crippen molar-refractivity contribution in [3.05, 3.63) is 34.1 Å². The Labute approximate surface area is 90.4 Å². The molecule has 0 aliphatic rings. The fraction of sp³-hybridized carbons (Fsp3) is 0.182. The summed E-state index contributed by atoms with van der Waals surface area (Å²) in [6.45, 7) is 1.64. The lowest BCUT2D eigenvalue weighted by molar-refractivity contribution is 0.0993. The van der Waals surface area contributed by atoms with Crippen LogP contribution in [0, 0.1) is 17.7 Å². The van der Waals surface area contributed by atoms with E-state index in [-0.39, 0.29) is 17.8 Å². The van der Waals surface area contributed by atoms with Crippen LogP contribution in [0.4, 0.5) is 4.39 Å². The van der Waals surface area contributed by atoms with E-state index in [4.69, 9.17) is 0 Å². The van der Waals surface area contributed by atoms with Crippen LogP contribution in [0.2, 0.25) is 0 Å². The van der Waals surface area contributed by atoms with Crippen molar-refractivity contribution < 1.29 is 9.18 Å². The Morgan fingerprint density at radius 3 is 2.86 bits per heavy atom. The minimum absolute atomic E-state index is 0.0516. The van der Waals surface area contributed by atoms with Gasteiger partial charge in [-0.1, -0.05) is 12.0 Å². The predicted octanol–water partition coefficient (Wildman–Crippen LogP) is 3.18. The van der Waals surface area contributed by atoms with Gasteiger partial charge in [0.1, 0.15) is 5.82 Å².